The molecule has 6 nitrogen and oxygen atoms in total. The SMILES string of the molecule is CCOC(=O)c1ccc2c(c1)C(C)(C)CC(c1cncc(N3CCOCC3)c1)N2. The minimum atomic E-state index is -0.268. The van der Waals surface area contributed by atoms with Crippen molar-refractivity contribution in [1.29, 1.82) is 0 Å². The molecule has 1 atom stereocenters. The number of benzene rings is 1. The Morgan fingerprint density at radius 3 is 2.83 bits per heavy atom. The number of pyridine rings is 1. The first-order valence-electron chi connectivity index (χ1n) is 10.3. The molecule has 154 valence electrons. The van der Waals surface area contributed by atoms with Crippen molar-refractivity contribution in [2.45, 2.75) is 38.6 Å². The van der Waals surface area contributed by atoms with Crippen LogP contribution >= 0.6 is 0 Å². The van der Waals surface area contributed by atoms with Gasteiger partial charge in [-0.1, -0.05) is 13.8 Å². The van der Waals surface area contributed by atoms with Gasteiger partial charge in [-0.3, -0.25) is 4.98 Å². The summed E-state index contributed by atoms with van der Waals surface area (Å²) in [7, 11) is 0. The van der Waals surface area contributed by atoms with E-state index in [4.69, 9.17) is 9.47 Å². The van der Waals surface area contributed by atoms with Gasteiger partial charge in [0, 0.05) is 25.0 Å². The molecule has 1 aromatic carbocycles. The normalized spacial score (nSPS) is 20.5. The molecule has 0 spiro atoms. The molecule has 29 heavy (non-hydrogen) atoms. The topological polar surface area (TPSA) is 63.7 Å². The number of hydrogen-bond acceptors (Lipinski definition) is 6. The summed E-state index contributed by atoms with van der Waals surface area (Å²) in [4.78, 5) is 19.0. The third kappa shape index (κ3) is 4.08. The average Bonchev–Trinajstić information content (AvgIpc) is 2.74. The highest BCUT2D eigenvalue weighted by Crippen LogP contribution is 2.44. The molecule has 6 heteroatoms. The molecule has 1 aromatic heterocycles. The Balaban J connectivity index is 1.60. The second-order valence-corrected chi connectivity index (χ2v) is 8.34. The Hall–Kier alpha value is -2.60. The number of aromatic nitrogens is 1. The van der Waals surface area contributed by atoms with Crippen molar-refractivity contribution in [3.05, 3.63) is 53.3 Å². The number of nitrogens with zero attached hydrogens (tertiary/aromatic N) is 2. The summed E-state index contributed by atoms with van der Waals surface area (Å²) in [5.41, 5.74) is 5.07. The fourth-order valence-corrected chi connectivity index (χ4v) is 4.26. The minimum Gasteiger partial charge on any atom is -0.462 e. The molecule has 4 rings (SSSR count). The van der Waals surface area contributed by atoms with Gasteiger partial charge in [0.05, 0.1) is 43.3 Å². The van der Waals surface area contributed by atoms with Crippen molar-refractivity contribution in [1.82, 2.24) is 4.98 Å². The number of morpholine rings is 1. The Morgan fingerprint density at radius 1 is 1.28 bits per heavy atom. The van der Waals surface area contributed by atoms with E-state index in [9.17, 15) is 4.79 Å². The van der Waals surface area contributed by atoms with E-state index in [0.717, 1.165) is 49.7 Å². The van der Waals surface area contributed by atoms with Gasteiger partial charge in [-0.15, -0.1) is 0 Å². The molecule has 2 aromatic rings. The summed E-state index contributed by atoms with van der Waals surface area (Å²) in [6.07, 6.45) is 4.80. The highest BCUT2D eigenvalue weighted by molar-refractivity contribution is 5.90. The average molecular weight is 396 g/mol. The van der Waals surface area contributed by atoms with Gasteiger partial charge in [0.15, 0.2) is 0 Å². The molecule has 0 amide bonds. The molecular weight excluding hydrogens is 366 g/mol. The van der Waals surface area contributed by atoms with Gasteiger partial charge in [0.1, 0.15) is 0 Å². The Kier molecular flexibility index (Phi) is 5.46. The van der Waals surface area contributed by atoms with Crippen LogP contribution in [-0.2, 0) is 14.9 Å². The zero-order valence-electron chi connectivity index (χ0n) is 17.4. The van der Waals surface area contributed by atoms with Crippen molar-refractivity contribution < 1.29 is 14.3 Å². The van der Waals surface area contributed by atoms with Crippen molar-refractivity contribution >= 4 is 17.3 Å². The van der Waals surface area contributed by atoms with Crippen LogP contribution in [0.4, 0.5) is 11.4 Å². The summed E-state index contributed by atoms with van der Waals surface area (Å²) in [5.74, 6) is -0.268. The minimum absolute atomic E-state index is 0.0806. The lowest BCUT2D eigenvalue weighted by Crippen LogP contribution is -2.36. The van der Waals surface area contributed by atoms with Crippen LogP contribution in [0.3, 0.4) is 0 Å². The highest BCUT2D eigenvalue weighted by atomic mass is 16.5. The van der Waals surface area contributed by atoms with Crippen LogP contribution in [0, 0.1) is 0 Å². The molecule has 1 saturated heterocycles. The summed E-state index contributed by atoms with van der Waals surface area (Å²) in [5, 5.41) is 3.66. The molecular formula is C23H29N3O3. The monoisotopic (exact) mass is 395 g/mol. The smallest absolute Gasteiger partial charge is 0.338 e. The third-order valence-electron chi connectivity index (χ3n) is 5.83. The van der Waals surface area contributed by atoms with E-state index in [-0.39, 0.29) is 17.4 Å². The van der Waals surface area contributed by atoms with Gasteiger partial charge in [0.2, 0.25) is 0 Å². The summed E-state index contributed by atoms with van der Waals surface area (Å²) < 4.78 is 10.6. The zero-order chi connectivity index (χ0) is 20.4. The lowest BCUT2D eigenvalue weighted by atomic mass is 9.74. The lowest BCUT2D eigenvalue weighted by Gasteiger charge is -2.39. The van der Waals surface area contributed by atoms with Crippen LogP contribution in [0.2, 0.25) is 0 Å². The Morgan fingerprint density at radius 2 is 2.07 bits per heavy atom. The summed E-state index contributed by atoms with van der Waals surface area (Å²) >= 11 is 0. The number of ether oxygens (including phenoxy) is 2. The predicted octanol–water partition coefficient (Wildman–Crippen LogP) is 3.93. The molecule has 0 bridgehead atoms. The van der Waals surface area contributed by atoms with Gasteiger partial charge in [-0.25, -0.2) is 4.79 Å². The molecule has 1 N–H and O–H groups in total. The second-order valence-electron chi connectivity index (χ2n) is 8.34. The molecule has 1 unspecified atom stereocenters. The Labute approximate surface area is 172 Å². The van der Waals surface area contributed by atoms with E-state index >= 15 is 0 Å². The Bertz CT molecular complexity index is 891. The number of carbonyl (C=O) groups excluding carboxylic acids is 1. The summed E-state index contributed by atoms with van der Waals surface area (Å²) in [6.45, 7) is 9.98. The molecule has 0 saturated carbocycles. The van der Waals surface area contributed by atoms with Crippen molar-refractivity contribution in [3.8, 4) is 0 Å². The van der Waals surface area contributed by atoms with E-state index in [0.29, 0.717) is 12.2 Å². The molecule has 2 aliphatic rings. The van der Waals surface area contributed by atoms with Gasteiger partial charge in [-0.2, -0.15) is 0 Å². The van der Waals surface area contributed by atoms with Gasteiger partial charge in [-0.05, 0) is 54.2 Å². The van der Waals surface area contributed by atoms with Crippen LogP contribution in [0.1, 0.15) is 54.7 Å². The van der Waals surface area contributed by atoms with Gasteiger partial charge >= 0.3 is 5.97 Å². The maximum absolute atomic E-state index is 12.2. The molecule has 0 radical (unpaired) electrons. The lowest BCUT2D eigenvalue weighted by molar-refractivity contribution is 0.0526. The highest BCUT2D eigenvalue weighted by Gasteiger charge is 2.34. The molecule has 1 fully saturated rings. The van der Waals surface area contributed by atoms with Crippen molar-refractivity contribution in [2.75, 3.05) is 43.1 Å². The van der Waals surface area contributed by atoms with E-state index < -0.39 is 0 Å². The second kappa shape index (κ2) is 8.03. The quantitative estimate of drug-likeness (QED) is 0.792. The fraction of sp³-hybridized carbons (Fsp3) is 0.478. The number of fused-ring (bicyclic) bond motifs is 1. The van der Waals surface area contributed by atoms with E-state index in [1.165, 1.54) is 5.56 Å². The number of carbonyl (C=O) groups is 1. The van der Waals surface area contributed by atoms with Crippen LogP contribution in [0.15, 0.2) is 36.7 Å². The predicted molar refractivity (Wildman–Crippen MR) is 114 cm³/mol. The number of rotatable bonds is 4. The van der Waals surface area contributed by atoms with Crippen LogP contribution < -0.4 is 10.2 Å². The van der Waals surface area contributed by atoms with Gasteiger partial charge in [0.25, 0.3) is 0 Å². The van der Waals surface area contributed by atoms with E-state index in [2.05, 4.69) is 35.1 Å². The fourth-order valence-electron chi connectivity index (χ4n) is 4.26. The number of esters is 1. The molecule has 3 heterocycles. The number of hydrogen-bond donors (Lipinski definition) is 1. The number of anilines is 2. The van der Waals surface area contributed by atoms with E-state index in [1.54, 1.807) is 0 Å². The zero-order valence-corrected chi connectivity index (χ0v) is 17.4. The van der Waals surface area contributed by atoms with E-state index in [1.807, 2.05) is 37.5 Å². The van der Waals surface area contributed by atoms with Gasteiger partial charge < -0.3 is 19.7 Å². The maximum atomic E-state index is 12.2. The standard InChI is InChI=1S/C23H29N3O3/c1-4-29-22(27)16-5-6-20-19(12-16)23(2,3)13-21(25-20)17-11-18(15-24-14-17)26-7-9-28-10-8-26/h5-6,11-12,14-15,21,25H,4,7-10,13H2,1-3H3. The van der Waals surface area contributed by atoms with Crippen LogP contribution in [-0.4, -0.2) is 43.9 Å². The van der Waals surface area contributed by atoms with Crippen LogP contribution in [0.25, 0.3) is 0 Å². The third-order valence-corrected chi connectivity index (χ3v) is 5.83. The number of nitrogens with one attached hydrogen (secondary N) is 1. The first kappa shape index (κ1) is 19.7. The van der Waals surface area contributed by atoms with Crippen molar-refractivity contribution in [3.63, 3.8) is 0 Å². The molecule has 2 aliphatic heterocycles. The first-order valence-corrected chi connectivity index (χ1v) is 10.3. The maximum Gasteiger partial charge on any atom is 0.338 e. The largest absolute Gasteiger partial charge is 0.462 e. The van der Waals surface area contributed by atoms with Crippen molar-refractivity contribution in [2.24, 2.45) is 0 Å². The summed E-state index contributed by atoms with van der Waals surface area (Å²) in [6, 6.07) is 8.21. The first-order chi connectivity index (χ1) is 14.0. The van der Waals surface area contributed by atoms with Crippen LogP contribution in [0.5, 0.6) is 0 Å². The molecule has 0 aliphatic carbocycles.